The number of ether oxygens (including phenoxy) is 1. The summed E-state index contributed by atoms with van der Waals surface area (Å²) in [6.07, 6.45) is 2.72. The van der Waals surface area contributed by atoms with Crippen LogP contribution in [0.25, 0.3) is 0 Å². The van der Waals surface area contributed by atoms with Crippen LogP contribution in [0.1, 0.15) is 51.4 Å². The number of hydrogen-bond acceptors (Lipinski definition) is 8. The summed E-state index contributed by atoms with van der Waals surface area (Å²) < 4.78 is 4.59. The molecule has 0 rings (SSSR count). The molecule has 0 saturated carbocycles. The summed E-state index contributed by atoms with van der Waals surface area (Å²) in [6, 6.07) is -1.49. The fraction of sp³-hybridized carbons (Fsp3) is 0.789. The Morgan fingerprint density at radius 2 is 1.61 bits per heavy atom. The first-order valence-electron chi connectivity index (χ1n) is 10.6. The zero-order valence-corrected chi connectivity index (χ0v) is 18.1. The van der Waals surface area contributed by atoms with E-state index >= 15 is 0 Å². The summed E-state index contributed by atoms with van der Waals surface area (Å²) in [4.78, 5) is 48.2. The molecule has 0 aliphatic carbocycles. The van der Waals surface area contributed by atoms with Crippen molar-refractivity contribution in [2.24, 2.45) is 22.9 Å². The van der Waals surface area contributed by atoms with E-state index in [-0.39, 0.29) is 26.0 Å². The Kier molecular flexibility index (Phi) is 15.9. The Labute approximate surface area is 183 Å². The highest BCUT2D eigenvalue weighted by molar-refractivity contribution is 5.88. The van der Waals surface area contributed by atoms with Crippen molar-refractivity contribution in [2.45, 2.75) is 63.5 Å². The summed E-state index contributed by atoms with van der Waals surface area (Å²) in [7, 11) is 0. The van der Waals surface area contributed by atoms with Crippen molar-refractivity contribution in [1.29, 1.82) is 0 Å². The molecule has 180 valence electrons. The summed E-state index contributed by atoms with van der Waals surface area (Å²) in [5.74, 6) is -1.47. The monoisotopic (exact) mass is 446 g/mol. The number of hydrogen-bond donors (Lipinski definition) is 6. The molecule has 0 bridgehead atoms. The topological polar surface area (TPSA) is 217 Å². The number of nitrogens with one attached hydrogen (secondary N) is 1. The lowest BCUT2D eigenvalue weighted by atomic mass is 10.1. The van der Waals surface area contributed by atoms with E-state index < -0.39 is 36.0 Å². The van der Waals surface area contributed by atoms with Crippen LogP contribution in [0.4, 0.5) is 4.79 Å². The van der Waals surface area contributed by atoms with Crippen LogP contribution in [0.5, 0.6) is 0 Å². The number of nitrogens with zero attached hydrogens (tertiary/aromatic N) is 1. The Morgan fingerprint density at radius 3 is 2.19 bits per heavy atom. The number of carbonyl (C=O) groups excluding carboxylic acids is 3. The van der Waals surface area contributed by atoms with E-state index in [2.05, 4.69) is 10.1 Å². The predicted molar refractivity (Wildman–Crippen MR) is 115 cm³/mol. The van der Waals surface area contributed by atoms with Crippen molar-refractivity contribution in [2.75, 3.05) is 32.8 Å². The molecular formula is C19H38N6O6. The Hall–Kier alpha value is -2.44. The lowest BCUT2D eigenvalue weighted by Crippen LogP contribution is -2.50. The van der Waals surface area contributed by atoms with E-state index in [9.17, 15) is 19.2 Å². The first-order chi connectivity index (χ1) is 14.7. The third-order valence-electron chi connectivity index (χ3n) is 4.58. The minimum atomic E-state index is -1.43. The smallest absolute Gasteiger partial charge is 0.450 e. The molecule has 12 nitrogen and oxygen atoms in total. The number of primary amides is 1. The van der Waals surface area contributed by atoms with E-state index in [1.54, 1.807) is 0 Å². The van der Waals surface area contributed by atoms with Gasteiger partial charge in [-0.2, -0.15) is 0 Å². The molecule has 0 heterocycles. The Balaban J connectivity index is 4.98. The molecule has 3 amide bonds. The van der Waals surface area contributed by atoms with E-state index in [1.807, 2.05) is 0 Å². The van der Waals surface area contributed by atoms with Gasteiger partial charge in [0.15, 0.2) is 0 Å². The zero-order valence-electron chi connectivity index (χ0n) is 18.1. The van der Waals surface area contributed by atoms with Crippen LogP contribution in [0.2, 0.25) is 0 Å². The first kappa shape index (κ1) is 28.6. The summed E-state index contributed by atoms with van der Waals surface area (Å²) >= 11 is 0. The van der Waals surface area contributed by atoms with Gasteiger partial charge in [-0.05, 0) is 45.2 Å². The van der Waals surface area contributed by atoms with Crippen molar-refractivity contribution in [3.63, 3.8) is 0 Å². The van der Waals surface area contributed by atoms with Gasteiger partial charge in [0.1, 0.15) is 6.61 Å². The molecule has 0 spiro atoms. The summed E-state index contributed by atoms with van der Waals surface area (Å²) in [5.41, 5.74) is 22.0. The van der Waals surface area contributed by atoms with Crippen LogP contribution in [0.15, 0.2) is 0 Å². The molecule has 0 unspecified atom stereocenters. The van der Waals surface area contributed by atoms with Gasteiger partial charge in [-0.25, -0.2) is 4.79 Å². The van der Waals surface area contributed by atoms with E-state index in [1.165, 1.54) is 4.90 Å². The molecule has 10 N–H and O–H groups in total. The van der Waals surface area contributed by atoms with Gasteiger partial charge in [0.05, 0.1) is 18.6 Å². The lowest BCUT2D eigenvalue weighted by Gasteiger charge is -2.26. The van der Waals surface area contributed by atoms with E-state index in [4.69, 9.17) is 28.0 Å². The highest BCUT2D eigenvalue weighted by atomic mass is 16.7. The van der Waals surface area contributed by atoms with E-state index in [0.717, 1.165) is 19.3 Å². The van der Waals surface area contributed by atoms with Crippen LogP contribution in [0, 0.1) is 0 Å². The molecule has 31 heavy (non-hydrogen) atoms. The number of carbonyl (C=O) groups is 4. The van der Waals surface area contributed by atoms with Crippen LogP contribution >= 0.6 is 0 Å². The fourth-order valence-corrected chi connectivity index (χ4v) is 2.90. The van der Waals surface area contributed by atoms with Crippen molar-refractivity contribution in [3.8, 4) is 0 Å². The van der Waals surface area contributed by atoms with Crippen molar-refractivity contribution in [3.05, 3.63) is 0 Å². The maximum atomic E-state index is 12.7. The molecule has 0 fully saturated rings. The van der Waals surface area contributed by atoms with Crippen LogP contribution in [0.3, 0.4) is 0 Å². The Bertz CT molecular complexity index is 562. The third kappa shape index (κ3) is 15.1. The molecule has 0 saturated heterocycles. The van der Waals surface area contributed by atoms with Crippen LogP contribution in [-0.2, 0) is 19.1 Å². The van der Waals surface area contributed by atoms with Gasteiger partial charge >= 0.3 is 6.16 Å². The molecule has 0 aliphatic heterocycles. The second kappa shape index (κ2) is 17.3. The second-order valence-electron chi connectivity index (χ2n) is 7.35. The maximum absolute atomic E-state index is 12.7. The largest absolute Gasteiger partial charge is 0.505 e. The van der Waals surface area contributed by atoms with Gasteiger partial charge in [-0.1, -0.05) is 12.8 Å². The van der Waals surface area contributed by atoms with Gasteiger partial charge in [0, 0.05) is 13.0 Å². The van der Waals surface area contributed by atoms with Crippen LogP contribution in [-0.4, -0.2) is 78.8 Å². The van der Waals surface area contributed by atoms with Gasteiger partial charge in [-0.15, -0.1) is 0 Å². The average molecular weight is 447 g/mol. The van der Waals surface area contributed by atoms with Crippen LogP contribution < -0.4 is 28.3 Å². The molecule has 0 radical (unpaired) electrons. The lowest BCUT2D eigenvalue weighted by molar-refractivity contribution is -0.137. The quantitative estimate of drug-likeness (QED) is 0.110. The molecule has 0 aromatic rings. The zero-order chi connectivity index (χ0) is 23.6. The number of unbranched alkanes of at least 4 members (excludes halogenated alkanes) is 3. The van der Waals surface area contributed by atoms with Gasteiger partial charge < -0.3 is 43.0 Å². The summed E-state index contributed by atoms with van der Waals surface area (Å²) in [6.45, 7) is 0.871. The van der Waals surface area contributed by atoms with Crippen molar-refractivity contribution in [1.82, 2.24) is 10.2 Å². The SMILES string of the molecule is NCCCCCN(CC(=O)N[C@@H](CCCCN)COC(=O)O)C(=O)[C@H](N)CCC(N)=O. The molecule has 0 aliphatic rings. The van der Waals surface area contributed by atoms with Gasteiger partial charge in [0.25, 0.3) is 0 Å². The predicted octanol–water partition coefficient (Wildman–Crippen LogP) is -1.15. The van der Waals surface area contributed by atoms with Crippen molar-refractivity contribution < 1.29 is 29.0 Å². The second-order valence-corrected chi connectivity index (χ2v) is 7.35. The summed E-state index contributed by atoms with van der Waals surface area (Å²) in [5, 5.41) is 11.4. The minimum absolute atomic E-state index is 0.0319. The Morgan fingerprint density at radius 1 is 0.968 bits per heavy atom. The first-order valence-corrected chi connectivity index (χ1v) is 10.6. The normalized spacial score (nSPS) is 12.6. The highest BCUT2D eigenvalue weighted by Crippen LogP contribution is 2.06. The van der Waals surface area contributed by atoms with Crippen molar-refractivity contribution >= 4 is 23.9 Å². The number of rotatable bonds is 18. The third-order valence-corrected chi connectivity index (χ3v) is 4.58. The fourth-order valence-electron chi connectivity index (χ4n) is 2.90. The number of carboxylic acid groups (broad SMARTS) is 1. The van der Waals surface area contributed by atoms with E-state index in [0.29, 0.717) is 38.9 Å². The average Bonchev–Trinajstić information content (AvgIpc) is 2.71. The molecule has 2 atom stereocenters. The van der Waals surface area contributed by atoms with Gasteiger partial charge in [-0.3, -0.25) is 14.4 Å². The number of nitrogens with two attached hydrogens (primary N) is 4. The molecule has 0 aromatic heterocycles. The highest BCUT2D eigenvalue weighted by Gasteiger charge is 2.24. The molecule has 0 aromatic carbocycles. The molecule has 12 heteroatoms. The number of amides is 3. The maximum Gasteiger partial charge on any atom is 0.505 e. The molecular weight excluding hydrogens is 408 g/mol. The minimum Gasteiger partial charge on any atom is -0.450 e. The standard InChI is InChI=1S/C19H38N6O6/c20-9-3-1-5-11-25(18(28)15(22)7-8-16(23)26)12-17(27)24-14(6-2-4-10-21)13-31-19(29)30/h14-15H,1-13,20-22H2,(H2,23,26)(H,24,27)(H,29,30)/t14-,15+/m0/s1. The van der Waals surface area contributed by atoms with Gasteiger partial charge in [0.2, 0.25) is 17.7 Å².